The molecule has 0 heterocycles. The van der Waals surface area contributed by atoms with Gasteiger partial charge in [-0.05, 0) is 22.9 Å². The van der Waals surface area contributed by atoms with E-state index in [9.17, 15) is 9.59 Å². The number of hydrogen-bond donors (Lipinski definition) is 2. The first-order valence-electron chi connectivity index (χ1n) is 6.20. The van der Waals surface area contributed by atoms with E-state index in [1.807, 2.05) is 24.3 Å². The van der Waals surface area contributed by atoms with Gasteiger partial charge in [0, 0.05) is 27.2 Å². The maximum atomic E-state index is 11.5. The molecule has 6 heteroatoms. The van der Waals surface area contributed by atoms with Crippen molar-refractivity contribution in [3.63, 3.8) is 0 Å². The van der Waals surface area contributed by atoms with Crippen molar-refractivity contribution in [3.05, 3.63) is 55.8 Å². The smallest absolute Gasteiger partial charge is 0.253 e. The lowest BCUT2D eigenvalue weighted by Crippen LogP contribution is -2.39. The van der Waals surface area contributed by atoms with E-state index in [2.05, 4.69) is 10.2 Å². The third kappa shape index (κ3) is 2.84. The number of rotatable bonds is 6. The van der Waals surface area contributed by atoms with Crippen LogP contribution in [0.3, 0.4) is 0 Å². The van der Waals surface area contributed by atoms with Crippen LogP contribution in [0.15, 0.2) is 33.9 Å². The average Bonchev–Trinajstić information content (AvgIpc) is 2.42. The van der Waals surface area contributed by atoms with Gasteiger partial charge in [0.2, 0.25) is 0 Å². The summed E-state index contributed by atoms with van der Waals surface area (Å²) in [4.78, 5) is 27.2. The molecule has 106 valence electrons. The summed E-state index contributed by atoms with van der Waals surface area (Å²) in [5, 5.41) is 3.03. The van der Waals surface area contributed by atoms with Gasteiger partial charge in [-0.15, -0.1) is 0 Å². The molecule has 0 aliphatic carbocycles. The fourth-order valence-electron chi connectivity index (χ4n) is 2.09. The van der Waals surface area contributed by atoms with E-state index in [1.54, 1.807) is 19.0 Å². The zero-order valence-corrected chi connectivity index (χ0v) is 12.1. The van der Waals surface area contributed by atoms with Gasteiger partial charge >= 0.3 is 0 Å². The van der Waals surface area contributed by atoms with Crippen molar-refractivity contribution in [3.8, 4) is 0 Å². The highest BCUT2D eigenvalue weighted by Crippen LogP contribution is 2.18. The Bertz CT molecular complexity index is 675. The molecule has 2 aromatic rings. The minimum Gasteiger partial charge on any atom is -0.376 e. The van der Waals surface area contributed by atoms with Crippen molar-refractivity contribution < 1.29 is 0 Å². The zero-order chi connectivity index (χ0) is 14.7. The minimum absolute atomic E-state index is 0.390. The molecule has 2 rings (SSSR count). The molecule has 5 nitrogen and oxygen atoms in total. The van der Waals surface area contributed by atoms with Crippen LogP contribution in [0.25, 0.3) is 0 Å². The van der Waals surface area contributed by atoms with Crippen molar-refractivity contribution in [2.45, 2.75) is 13.1 Å². The molecule has 0 aliphatic rings. The van der Waals surface area contributed by atoms with Crippen LogP contribution in [-0.2, 0) is 13.1 Å². The number of nitrogens with zero attached hydrogens (tertiary/aromatic N) is 1. The van der Waals surface area contributed by atoms with Crippen LogP contribution in [0, 0.1) is 0 Å². The Labute approximate surface area is 122 Å². The van der Waals surface area contributed by atoms with Gasteiger partial charge in [-0.25, -0.2) is 4.84 Å². The van der Waals surface area contributed by atoms with Crippen LogP contribution in [0.2, 0.25) is 0 Å². The Balaban J connectivity index is 2.10. The third-order valence-electron chi connectivity index (χ3n) is 3.06. The highest BCUT2D eigenvalue weighted by Gasteiger charge is 2.21. The van der Waals surface area contributed by atoms with Gasteiger partial charge < -0.3 is 10.2 Å². The summed E-state index contributed by atoms with van der Waals surface area (Å²) in [6.45, 7) is 1.06. The monoisotopic (exact) mass is 293 g/mol. The summed E-state index contributed by atoms with van der Waals surface area (Å²) in [5.74, 6) is 0. The summed E-state index contributed by atoms with van der Waals surface area (Å²) < 4.78 is 0. The van der Waals surface area contributed by atoms with Gasteiger partial charge in [-0.1, -0.05) is 24.3 Å². The van der Waals surface area contributed by atoms with E-state index < -0.39 is 10.9 Å². The zero-order valence-electron chi connectivity index (χ0n) is 11.4. The maximum absolute atomic E-state index is 11.5. The molecule has 0 saturated heterocycles. The molecule has 2 N–H and O–H groups in total. The molecule has 2 aromatic carbocycles. The summed E-state index contributed by atoms with van der Waals surface area (Å²) >= 11 is 5.48. The van der Waals surface area contributed by atoms with Gasteiger partial charge in [0.15, 0.2) is 0 Å². The topological polar surface area (TPSA) is 61.4 Å². The largest absolute Gasteiger partial charge is 0.376 e. The first-order chi connectivity index (χ1) is 9.54. The van der Waals surface area contributed by atoms with Gasteiger partial charge in [0.05, 0.1) is 0 Å². The van der Waals surface area contributed by atoms with Crippen LogP contribution in [0.1, 0.15) is 11.1 Å². The lowest BCUT2D eigenvalue weighted by molar-refractivity contribution is 0.956. The number of hydrogen-bond acceptors (Lipinski definition) is 5. The van der Waals surface area contributed by atoms with Crippen LogP contribution in [-0.4, -0.2) is 14.1 Å². The van der Waals surface area contributed by atoms with Crippen molar-refractivity contribution >= 4 is 23.2 Å². The van der Waals surface area contributed by atoms with Gasteiger partial charge in [-0.2, -0.15) is 0 Å². The standard InChI is InChI=1S/C14H16ClN3O2/c1-18(2)12-11(13(19)14(12)20)16-7-9-4-3-5-10(6-9)8-17-15/h3-6,16-17H,7-8H2,1-2H3. The van der Waals surface area contributed by atoms with E-state index in [0.29, 0.717) is 24.5 Å². The first-order valence-corrected chi connectivity index (χ1v) is 6.58. The molecular formula is C14H16ClN3O2. The second-order valence-corrected chi connectivity index (χ2v) is 5.03. The number of halogens is 1. The van der Waals surface area contributed by atoms with Crippen LogP contribution >= 0.6 is 11.8 Å². The first kappa shape index (κ1) is 14.6. The van der Waals surface area contributed by atoms with E-state index in [-0.39, 0.29) is 0 Å². The second kappa shape index (κ2) is 6.07. The molecule has 0 saturated carbocycles. The number of nitrogens with one attached hydrogen (secondary N) is 2. The van der Waals surface area contributed by atoms with Crippen molar-refractivity contribution in [1.29, 1.82) is 0 Å². The summed E-state index contributed by atoms with van der Waals surface area (Å²) in [5.41, 5.74) is 2.02. The Morgan fingerprint density at radius 3 is 2.35 bits per heavy atom. The maximum Gasteiger partial charge on any atom is 0.253 e. The molecule has 0 radical (unpaired) electrons. The van der Waals surface area contributed by atoms with Gasteiger partial charge in [-0.3, -0.25) is 9.59 Å². The van der Waals surface area contributed by atoms with Gasteiger partial charge in [0.25, 0.3) is 10.9 Å². The SMILES string of the molecule is CN(C)c1c(NCc2cccc(CNCl)c2)c(=O)c1=O. The fourth-order valence-corrected chi connectivity index (χ4v) is 2.24. The minimum atomic E-state index is -0.452. The molecule has 0 aliphatic heterocycles. The van der Waals surface area contributed by atoms with E-state index in [1.165, 1.54) is 0 Å². The van der Waals surface area contributed by atoms with Crippen LogP contribution in [0.5, 0.6) is 0 Å². The summed E-state index contributed by atoms with van der Waals surface area (Å²) in [7, 11) is 3.49. The molecule has 0 spiro atoms. The average molecular weight is 294 g/mol. The number of anilines is 2. The molecule has 0 atom stereocenters. The lowest BCUT2D eigenvalue weighted by Gasteiger charge is -2.19. The highest BCUT2D eigenvalue weighted by atomic mass is 35.5. The molecule has 0 bridgehead atoms. The van der Waals surface area contributed by atoms with E-state index in [0.717, 1.165) is 11.1 Å². The molecule has 0 aromatic heterocycles. The van der Waals surface area contributed by atoms with Crippen molar-refractivity contribution in [2.24, 2.45) is 0 Å². The molecular weight excluding hydrogens is 278 g/mol. The van der Waals surface area contributed by atoms with Gasteiger partial charge in [0.1, 0.15) is 11.4 Å². The Morgan fingerprint density at radius 1 is 1.10 bits per heavy atom. The fraction of sp³-hybridized carbons (Fsp3) is 0.286. The molecule has 0 fully saturated rings. The Morgan fingerprint density at radius 2 is 1.75 bits per heavy atom. The Kier molecular flexibility index (Phi) is 4.42. The summed E-state index contributed by atoms with van der Waals surface area (Å²) in [6.07, 6.45) is 0. The van der Waals surface area contributed by atoms with Crippen molar-refractivity contribution in [1.82, 2.24) is 4.84 Å². The predicted octanol–water partition coefficient (Wildman–Crippen LogP) is 1.20. The van der Waals surface area contributed by atoms with Crippen LogP contribution in [0.4, 0.5) is 11.4 Å². The molecule has 0 amide bonds. The second-order valence-electron chi connectivity index (χ2n) is 4.76. The predicted molar refractivity (Wildman–Crippen MR) is 82.1 cm³/mol. The van der Waals surface area contributed by atoms with Crippen LogP contribution < -0.4 is 25.9 Å². The Hall–Kier alpha value is -1.85. The molecule has 0 unspecified atom stereocenters. The normalized spacial score (nSPS) is 10.8. The quantitative estimate of drug-likeness (QED) is 0.619. The highest BCUT2D eigenvalue weighted by molar-refractivity contribution is 6.13. The third-order valence-corrected chi connectivity index (χ3v) is 3.20. The summed E-state index contributed by atoms with van der Waals surface area (Å²) in [6, 6.07) is 7.83. The van der Waals surface area contributed by atoms with E-state index >= 15 is 0 Å². The lowest BCUT2D eigenvalue weighted by atomic mass is 10.1. The van der Waals surface area contributed by atoms with E-state index in [4.69, 9.17) is 11.8 Å². The number of benzene rings is 1. The molecule has 20 heavy (non-hydrogen) atoms. The van der Waals surface area contributed by atoms with Crippen molar-refractivity contribution in [2.75, 3.05) is 24.3 Å².